The zero-order valence-electron chi connectivity index (χ0n) is 20.9. The van der Waals surface area contributed by atoms with Crippen molar-refractivity contribution in [2.24, 2.45) is 16.8 Å². The first-order valence-corrected chi connectivity index (χ1v) is 9.91. The first kappa shape index (κ1) is 39.7. The molecule has 0 unspecified atom stereocenters. The normalized spacial score (nSPS) is 8.59. The van der Waals surface area contributed by atoms with E-state index in [1.165, 1.54) is 13.8 Å². The standard InChI is InChI=1S/C6H8N2O3.C4H5ClO3.C4H4N2O2.C2H6N2O.C2H3N.H3NO/c1-3-10-6(9)5-7-4(2)8-11-5;1-2-8-4(7)3(5)6;1-3-5-4(2-7)8-6-3;1-2(3)4-5;1-2-3;1-2/h3H2,1-2H3;2H2,1H3;2H,1H3;5H,1H3,(H2,3,4);1H3;2H,1H2. The molecule has 0 bridgehead atoms. The van der Waals surface area contributed by atoms with Crippen LogP contribution in [0, 0.1) is 25.2 Å². The third kappa shape index (κ3) is 27.7. The number of oxime groups is 1. The van der Waals surface area contributed by atoms with Crippen LogP contribution in [-0.2, 0) is 19.1 Å². The minimum absolute atomic E-state index is 0.0301. The van der Waals surface area contributed by atoms with Crippen molar-refractivity contribution in [1.82, 2.24) is 20.3 Å². The summed E-state index contributed by atoms with van der Waals surface area (Å²) >= 11 is 4.69. The molecule has 0 aliphatic rings. The van der Waals surface area contributed by atoms with Gasteiger partial charge >= 0.3 is 23.1 Å². The Balaban J connectivity index is -0.000000190. The van der Waals surface area contributed by atoms with Crippen LogP contribution in [0.15, 0.2) is 14.2 Å². The number of nitriles is 1. The van der Waals surface area contributed by atoms with Crippen molar-refractivity contribution in [2.45, 2.75) is 41.5 Å². The van der Waals surface area contributed by atoms with E-state index in [1.807, 2.05) is 0 Å². The average molecular weight is 553 g/mol. The summed E-state index contributed by atoms with van der Waals surface area (Å²) in [5.74, 6) is 2.96. The van der Waals surface area contributed by atoms with E-state index in [-0.39, 0.29) is 24.2 Å². The number of aryl methyl sites for hydroxylation is 2. The Labute approximate surface area is 216 Å². The molecule has 208 valence electrons. The van der Waals surface area contributed by atoms with E-state index in [1.54, 1.807) is 33.8 Å². The Morgan fingerprint density at radius 3 is 1.76 bits per heavy atom. The molecule has 0 saturated heterocycles. The second-order valence-electron chi connectivity index (χ2n) is 5.12. The minimum Gasteiger partial charge on any atom is -0.459 e. The highest BCUT2D eigenvalue weighted by Gasteiger charge is 2.13. The molecule has 0 aliphatic carbocycles. The first-order chi connectivity index (χ1) is 17.4. The molecule has 0 aromatic carbocycles. The van der Waals surface area contributed by atoms with Crippen LogP contribution in [0.2, 0.25) is 0 Å². The molecular formula is C18H29ClN8O10. The van der Waals surface area contributed by atoms with Crippen LogP contribution >= 0.6 is 11.6 Å². The van der Waals surface area contributed by atoms with Crippen molar-refractivity contribution < 1.29 is 48.1 Å². The molecule has 19 heteroatoms. The lowest BCUT2D eigenvalue weighted by atomic mass is 10.6. The Kier molecular flexibility index (Phi) is 29.8. The predicted molar refractivity (Wildman–Crippen MR) is 123 cm³/mol. The quantitative estimate of drug-likeness (QED) is 0.0578. The zero-order chi connectivity index (χ0) is 29.8. The van der Waals surface area contributed by atoms with E-state index in [0.717, 1.165) is 0 Å². The average Bonchev–Trinajstić information content (AvgIpc) is 3.50. The fourth-order valence-corrected chi connectivity index (χ4v) is 1.18. The SMILES string of the molecule is C/C(N)=N/O.CC#N.CCOC(=O)C(=O)Cl.CCOC(=O)c1nc(C)no1.Cc1noc(C=O)n1.NO. The molecule has 0 atom stereocenters. The number of nitrogens with two attached hydrogens (primary N) is 2. The van der Waals surface area contributed by atoms with Gasteiger partial charge in [-0.2, -0.15) is 15.2 Å². The van der Waals surface area contributed by atoms with E-state index >= 15 is 0 Å². The maximum Gasteiger partial charge on any atom is 0.397 e. The number of amidine groups is 1. The maximum absolute atomic E-state index is 10.8. The Morgan fingerprint density at radius 2 is 1.54 bits per heavy atom. The van der Waals surface area contributed by atoms with Crippen molar-refractivity contribution in [2.75, 3.05) is 13.2 Å². The van der Waals surface area contributed by atoms with Crippen LogP contribution in [-0.4, -0.2) is 73.2 Å². The van der Waals surface area contributed by atoms with Crippen molar-refractivity contribution in [1.29, 1.82) is 5.26 Å². The first-order valence-electron chi connectivity index (χ1n) is 9.53. The van der Waals surface area contributed by atoms with Gasteiger partial charge in [-0.1, -0.05) is 15.5 Å². The molecule has 0 fully saturated rings. The highest BCUT2D eigenvalue weighted by atomic mass is 35.5. The topological polar surface area (TPSA) is 293 Å². The number of aldehydes is 1. The summed E-state index contributed by atoms with van der Waals surface area (Å²) in [6.45, 7) is 10.00. The summed E-state index contributed by atoms with van der Waals surface area (Å²) in [6.07, 6.45) is 0.514. The largest absolute Gasteiger partial charge is 0.459 e. The van der Waals surface area contributed by atoms with Gasteiger partial charge < -0.3 is 34.7 Å². The number of esters is 2. The second-order valence-corrected chi connectivity index (χ2v) is 5.47. The summed E-state index contributed by atoms with van der Waals surface area (Å²) in [5, 5.41) is 29.7. The third-order valence-corrected chi connectivity index (χ3v) is 2.37. The van der Waals surface area contributed by atoms with Gasteiger partial charge in [0.2, 0.25) is 6.29 Å². The summed E-state index contributed by atoms with van der Waals surface area (Å²) in [5.41, 5.74) is 4.79. The number of halogens is 1. The zero-order valence-corrected chi connectivity index (χ0v) is 21.6. The summed E-state index contributed by atoms with van der Waals surface area (Å²) in [7, 11) is 0. The van der Waals surface area contributed by atoms with Crippen LogP contribution in [0.25, 0.3) is 0 Å². The molecule has 2 aromatic rings. The maximum atomic E-state index is 10.8. The number of carbonyl (C=O) groups excluding carboxylic acids is 4. The number of carbonyl (C=O) groups is 4. The van der Waals surface area contributed by atoms with Crippen molar-refractivity contribution in [3.8, 4) is 6.07 Å². The van der Waals surface area contributed by atoms with E-state index in [2.05, 4.69) is 49.9 Å². The number of nitrogens with zero attached hydrogens (tertiary/aromatic N) is 6. The van der Waals surface area contributed by atoms with Crippen molar-refractivity contribution in [3.63, 3.8) is 0 Å². The molecule has 0 amide bonds. The number of rotatable bonds is 5. The van der Waals surface area contributed by atoms with E-state index in [0.29, 0.717) is 24.5 Å². The minimum atomic E-state index is -1.08. The van der Waals surface area contributed by atoms with Gasteiger partial charge in [0.05, 0.1) is 19.3 Å². The predicted octanol–water partition coefficient (Wildman–Crippen LogP) is 0.677. The van der Waals surface area contributed by atoms with E-state index in [9.17, 15) is 19.2 Å². The highest BCUT2D eigenvalue weighted by molar-refractivity contribution is 6.80. The lowest BCUT2D eigenvalue weighted by Gasteiger charge is -1.92. The molecular weight excluding hydrogens is 524 g/mol. The van der Waals surface area contributed by atoms with E-state index < -0.39 is 17.2 Å². The lowest BCUT2D eigenvalue weighted by Crippen LogP contribution is -2.10. The summed E-state index contributed by atoms with van der Waals surface area (Å²) < 4.78 is 17.7. The lowest BCUT2D eigenvalue weighted by molar-refractivity contribution is -0.149. The van der Waals surface area contributed by atoms with Crippen molar-refractivity contribution in [3.05, 3.63) is 23.4 Å². The molecule has 0 saturated carbocycles. The Hall–Kier alpha value is -4.47. The molecule has 0 radical (unpaired) electrons. The number of hydrogen-bond donors (Lipinski definition) is 4. The highest BCUT2D eigenvalue weighted by Crippen LogP contribution is 1.97. The smallest absolute Gasteiger partial charge is 0.397 e. The summed E-state index contributed by atoms with van der Waals surface area (Å²) in [6, 6.07) is 1.75. The van der Waals surface area contributed by atoms with Gasteiger partial charge in [-0.25, -0.2) is 15.5 Å². The summed E-state index contributed by atoms with van der Waals surface area (Å²) in [4.78, 5) is 47.8. The van der Waals surface area contributed by atoms with Gasteiger partial charge in [-0.3, -0.25) is 9.59 Å². The molecule has 2 aromatic heterocycles. The van der Waals surface area contributed by atoms with Gasteiger partial charge in [-0.05, 0) is 46.2 Å². The second kappa shape index (κ2) is 27.8. The number of ether oxygens (including phenoxy) is 2. The van der Waals surface area contributed by atoms with E-state index in [4.69, 9.17) is 33.0 Å². The molecule has 0 aliphatic heterocycles. The third-order valence-electron chi connectivity index (χ3n) is 2.22. The van der Waals surface area contributed by atoms with Crippen LogP contribution in [0.4, 0.5) is 0 Å². The van der Waals surface area contributed by atoms with Crippen LogP contribution in [0.5, 0.6) is 0 Å². The fraction of sp³-hybridized carbons (Fsp3) is 0.444. The van der Waals surface area contributed by atoms with Gasteiger partial charge in [-0.15, -0.1) is 0 Å². The van der Waals surface area contributed by atoms with Crippen LogP contribution < -0.4 is 11.6 Å². The fourth-order valence-electron chi connectivity index (χ4n) is 1.12. The van der Waals surface area contributed by atoms with Crippen LogP contribution in [0.1, 0.15) is 60.7 Å². The number of aromatic nitrogens is 4. The van der Waals surface area contributed by atoms with Crippen LogP contribution in [0.3, 0.4) is 0 Å². The molecule has 18 nitrogen and oxygen atoms in total. The molecule has 37 heavy (non-hydrogen) atoms. The molecule has 2 rings (SSSR count). The molecule has 0 spiro atoms. The van der Waals surface area contributed by atoms with Gasteiger partial charge in [0.15, 0.2) is 11.6 Å². The monoisotopic (exact) mass is 552 g/mol. The Bertz CT molecular complexity index is 968. The molecule has 2 heterocycles. The van der Waals surface area contributed by atoms with Gasteiger partial charge in [0.25, 0.3) is 5.89 Å². The molecule has 6 N–H and O–H groups in total. The van der Waals surface area contributed by atoms with Gasteiger partial charge in [0, 0.05) is 6.92 Å². The van der Waals surface area contributed by atoms with Gasteiger partial charge in [0.1, 0.15) is 5.84 Å². The van der Waals surface area contributed by atoms with Crippen molar-refractivity contribution >= 4 is 40.9 Å². The number of hydrogen-bond acceptors (Lipinski definition) is 17. The Morgan fingerprint density at radius 1 is 1.11 bits per heavy atom.